The van der Waals surface area contributed by atoms with E-state index in [-0.39, 0.29) is 17.9 Å². The van der Waals surface area contributed by atoms with Crippen LogP contribution in [0.15, 0.2) is 27.9 Å². The van der Waals surface area contributed by atoms with Gasteiger partial charge in [0.1, 0.15) is 11.9 Å². The summed E-state index contributed by atoms with van der Waals surface area (Å²) in [5.41, 5.74) is 1.08. The average Bonchev–Trinajstić information content (AvgIpc) is 2.90. The summed E-state index contributed by atoms with van der Waals surface area (Å²) in [6, 6.07) is 5.11. The Balaban J connectivity index is 0.973. The number of carbonyl (C=O) groups is 2. The number of hydrogen-bond donors (Lipinski definition) is 1. The van der Waals surface area contributed by atoms with Gasteiger partial charge in [-0.15, -0.1) is 11.8 Å². The molecule has 1 aromatic carbocycles. The topological polar surface area (TPSA) is 87.5 Å². The Morgan fingerprint density at radius 2 is 1.65 bits per heavy atom. The van der Waals surface area contributed by atoms with Crippen molar-refractivity contribution in [2.45, 2.75) is 69.2 Å². The van der Waals surface area contributed by atoms with E-state index in [0.29, 0.717) is 28.6 Å². The Morgan fingerprint density at radius 3 is 2.33 bits per heavy atom. The van der Waals surface area contributed by atoms with E-state index < -0.39 is 11.9 Å². The molecule has 0 spiro atoms. The molecule has 40 heavy (non-hydrogen) atoms. The van der Waals surface area contributed by atoms with Crippen LogP contribution in [0.2, 0.25) is 0 Å². The standard InChI is InChI=1S/C31H41N5O3S/c1-20-32-24-3-2-4-26(28(24)30(39)36(20)25-5-6-27(37)33-29(25)38)40-12-11-34-7-9-35(10-8-34)19-31-16-21-13-22(17-31)15-23(14-21)18-31/h2-4,21-23,25H,5-19H2,1H3,(H,33,37,38). The lowest BCUT2D eigenvalue weighted by Crippen LogP contribution is -2.55. The fourth-order valence-corrected chi connectivity index (χ4v) is 10.2. The number of piperazine rings is 1. The van der Waals surface area contributed by atoms with Crippen LogP contribution in [0.1, 0.15) is 63.2 Å². The molecular weight excluding hydrogens is 522 g/mol. The van der Waals surface area contributed by atoms with E-state index in [1.54, 1.807) is 18.7 Å². The summed E-state index contributed by atoms with van der Waals surface area (Å²) < 4.78 is 1.48. The van der Waals surface area contributed by atoms with Gasteiger partial charge in [0.2, 0.25) is 11.8 Å². The van der Waals surface area contributed by atoms with Crippen molar-refractivity contribution in [2.75, 3.05) is 45.0 Å². The van der Waals surface area contributed by atoms with Crippen LogP contribution in [-0.2, 0) is 9.59 Å². The van der Waals surface area contributed by atoms with Gasteiger partial charge in [-0.1, -0.05) is 6.07 Å². The second-order valence-electron chi connectivity index (χ2n) is 13.3. The van der Waals surface area contributed by atoms with Crippen LogP contribution >= 0.6 is 11.8 Å². The predicted octanol–water partition coefficient (Wildman–Crippen LogP) is 3.61. The maximum Gasteiger partial charge on any atom is 0.263 e. The largest absolute Gasteiger partial charge is 0.300 e. The molecule has 6 aliphatic rings. The summed E-state index contributed by atoms with van der Waals surface area (Å²) in [6.07, 6.45) is 9.56. The number of amides is 2. The third-order valence-electron chi connectivity index (χ3n) is 10.4. The van der Waals surface area contributed by atoms with E-state index in [9.17, 15) is 14.4 Å². The molecule has 1 atom stereocenters. The minimum absolute atomic E-state index is 0.196. The van der Waals surface area contributed by atoms with Crippen LogP contribution in [-0.4, -0.2) is 76.2 Å². The number of fused-ring (bicyclic) bond motifs is 1. The van der Waals surface area contributed by atoms with Gasteiger partial charge in [0.05, 0.1) is 10.9 Å². The van der Waals surface area contributed by atoms with Crippen LogP contribution in [0.3, 0.4) is 0 Å². The lowest BCUT2D eigenvalue weighted by molar-refractivity contribution is -0.135. The Kier molecular flexibility index (Phi) is 7.03. The van der Waals surface area contributed by atoms with Crippen molar-refractivity contribution in [3.63, 3.8) is 0 Å². The Morgan fingerprint density at radius 1 is 0.975 bits per heavy atom. The molecule has 8 rings (SSSR count). The summed E-state index contributed by atoms with van der Waals surface area (Å²) in [5, 5.41) is 2.95. The van der Waals surface area contributed by atoms with E-state index >= 15 is 0 Å². The molecule has 3 heterocycles. The molecule has 4 aliphatic carbocycles. The van der Waals surface area contributed by atoms with Crippen molar-refractivity contribution in [1.29, 1.82) is 0 Å². The third kappa shape index (κ3) is 5.02. The number of aromatic nitrogens is 2. The molecule has 4 bridgehead atoms. The fraction of sp³-hybridized carbons (Fsp3) is 0.677. The van der Waals surface area contributed by atoms with E-state index in [1.807, 2.05) is 18.2 Å². The first-order valence-corrected chi connectivity index (χ1v) is 16.3. The summed E-state index contributed by atoms with van der Waals surface area (Å²) in [5.74, 6) is 3.75. The first-order valence-electron chi connectivity index (χ1n) is 15.3. The number of hydrogen-bond acceptors (Lipinski definition) is 7. The molecule has 2 aromatic rings. The molecule has 214 valence electrons. The Hall–Kier alpha value is -2.23. The monoisotopic (exact) mass is 563 g/mol. The van der Waals surface area contributed by atoms with Gasteiger partial charge in [0, 0.05) is 56.3 Å². The number of aryl methyl sites for hydroxylation is 1. The van der Waals surface area contributed by atoms with Gasteiger partial charge >= 0.3 is 0 Å². The number of carbonyl (C=O) groups excluding carboxylic acids is 2. The number of piperidine rings is 1. The zero-order valence-corrected chi connectivity index (χ0v) is 24.4. The van der Waals surface area contributed by atoms with Crippen molar-refractivity contribution < 1.29 is 9.59 Å². The van der Waals surface area contributed by atoms with Crippen LogP contribution in [0.4, 0.5) is 0 Å². The second kappa shape index (κ2) is 10.6. The van der Waals surface area contributed by atoms with Gasteiger partial charge in [0.15, 0.2) is 0 Å². The molecular formula is C31H41N5O3S. The zero-order chi connectivity index (χ0) is 27.4. The molecule has 2 aliphatic heterocycles. The number of thioether (sulfide) groups is 1. The van der Waals surface area contributed by atoms with E-state index in [0.717, 1.165) is 48.0 Å². The predicted molar refractivity (Wildman–Crippen MR) is 156 cm³/mol. The van der Waals surface area contributed by atoms with Crippen molar-refractivity contribution in [1.82, 2.24) is 24.7 Å². The molecule has 1 N–H and O–H groups in total. The third-order valence-corrected chi connectivity index (χ3v) is 11.5. The number of rotatable bonds is 7. The average molecular weight is 564 g/mol. The molecule has 0 radical (unpaired) electrons. The highest BCUT2D eigenvalue weighted by Gasteiger charge is 2.51. The SMILES string of the molecule is Cc1nc2cccc(SCCN3CCN(CC45CC6CC(CC(C6)C4)C5)CC3)c2c(=O)n1C1CCC(=O)NC1=O. The molecule has 1 unspecified atom stereocenters. The van der Waals surface area contributed by atoms with Gasteiger partial charge in [-0.05, 0) is 87.2 Å². The smallest absolute Gasteiger partial charge is 0.263 e. The molecule has 1 aromatic heterocycles. The highest BCUT2D eigenvalue weighted by atomic mass is 32.2. The van der Waals surface area contributed by atoms with Gasteiger partial charge in [0.25, 0.3) is 5.56 Å². The summed E-state index contributed by atoms with van der Waals surface area (Å²) in [7, 11) is 0. The van der Waals surface area contributed by atoms with Crippen molar-refractivity contribution in [2.24, 2.45) is 23.2 Å². The molecule has 2 saturated heterocycles. The first-order chi connectivity index (χ1) is 19.4. The van der Waals surface area contributed by atoms with Gasteiger partial charge < -0.3 is 4.90 Å². The maximum absolute atomic E-state index is 13.7. The van der Waals surface area contributed by atoms with Crippen molar-refractivity contribution >= 4 is 34.5 Å². The highest BCUT2D eigenvalue weighted by Crippen LogP contribution is 2.60. The number of benzene rings is 1. The maximum atomic E-state index is 13.7. The summed E-state index contributed by atoms with van der Waals surface area (Å²) >= 11 is 1.70. The zero-order valence-electron chi connectivity index (χ0n) is 23.6. The molecule has 8 nitrogen and oxygen atoms in total. The normalized spacial score (nSPS) is 32.6. The van der Waals surface area contributed by atoms with Crippen LogP contribution in [0.25, 0.3) is 10.9 Å². The van der Waals surface area contributed by atoms with Gasteiger partial charge in [-0.25, -0.2) is 4.98 Å². The molecule has 6 fully saturated rings. The summed E-state index contributed by atoms with van der Waals surface area (Å²) in [4.78, 5) is 48.8. The second-order valence-corrected chi connectivity index (χ2v) is 14.5. The van der Waals surface area contributed by atoms with Gasteiger partial charge in [-0.3, -0.25) is 29.2 Å². The lowest BCUT2D eigenvalue weighted by atomic mass is 9.49. The van der Waals surface area contributed by atoms with Crippen molar-refractivity contribution in [3.8, 4) is 0 Å². The first kappa shape index (κ1) is 26.7. The van der Waals surface area contributed by atoms with Crippen LogP contribution in [0.5, 0.6) is 0 Å². The van der Waals surface area contributed by atoms with Crippen LogP contribution < -0.4 is 10.9 Å². The van der Waals surface area contributed by atoms with E-state index in [4.69, 9.17) is 0 Å². The number of imide groups is 1. The highest BCUT2D eigenvalue weighted by molar-refractivity contribution is 7.99. The molecule has 4 saturated carbocycles. The summed E-state index contributed by atoms with van der Waals surface area (Å²) in [6.45, 7) is 8.64. The van der Waals surface area contributed by atoms with Crippen LogP contribution in [0, 0.1) is 30.1 Å². The lowest BCUT2D eigenvalue weighted by Gasteiger charge is -2.58. The van der Waals surface area contributed by atoms with Gasteiger partial charge in [-0.2, -0.15) is 0 Å². The minimum atomic E-state index is -0.699. The quantitative estimate of drug-likeness (QED) is 0.407. The van der Waals surface area contributed by atoms with Crippen molar-refractivity contribution in [3.05, 3.63) is 34.4 Å². The Labute approximate surface area is 240 Å². The number of nitrogens with one attached hydrogen (secondary N) is 1. The number of nitrogens with zero attached hydrogens (tertiary/aromatic N) is 4. The molecule has 9 heteroatoms. The molecule has 2 amide bonds. The Bertz CT molecular complexity index is 1350. The fourth-order valence-electron chi connectivity index (χ4n) is 9.15. The minimum Gasteiger partial charge on any atom is -0.300 e. The van der Waals surface area contributed by atoms with E-state index in [1.165, 1.54) is 62.7 Å². The van der Waals surface area contributed by atoms with E-state index in [2.05, 4.69) is 20.1 Å².